The Labute approximate surface area is 158 Å². The van der Waals surface area contributed by atoms with Gasteiger partial charge in [0.1, 0.15) is 6.04 Å². The van der Waals surface area contributed by atoms with Crippen LogP contribution in [0.3, 0.4) is 0 Å². The first-order valence-corrected chi connectivity index (χ1v) is 8.82. The van der Waals surface area contributed by atoms with Gasteiger partial charge < -0.3 is 10.0 Å². The summed E-state index contributed by atoms with van der Waals surface area (Å²) >= 11 is 0. The summed E-state index contributed by atoms with van der Waals surface area (Å²) in [6.45, 7) is 0.234. The summed E-state index contributed by atoms with van der Waals surface area (Å²) in [6.07, 6.45) is 0.252. The van der Waals surface area contributed by atoms with Gasteiger partial charge in [-0.05, 0) is 23.3 Å². The predicted octanol–water partition coefficient (Wildman–Crippen LogP) is 4.02. The van der Waals surface area contributed by atoms with Crippen molar-refractivity contribution in [3.8, 4) is 0 Å². The van der Waals surface area contributed by atoms with E-state index in [9.17, 15) is 14.7 Å². The summed E-state index contributed by atoms with van der Waals surface area (Å²) in [5.74, 6) is -1.30. The third-order valence-electron chi connectivity index (χ3n) is 4.41. The number of carboxylic acid groups (broad SMARTS) is 1. The lowest BCUT2D eigenvalue weighted by atomic mass is 10.0. The highest BCUT2D eigenvalue weighted by molar-refractivity contribution is 5.96. The highest BCUT2D eigenvalue weighted by Crippen LogP contribution is 2.17. The number of aliphatic carboxylic acids is 1. The molecule has 1 amide bonds. The van der Waals surface area contributed by atoms with Crippen molar-refractivity contribution >= 4 is 11.9 Å². The topological polar surface area (TPSA) is 57.6 Å². The van der Waals surface area contributed by atoms with E-state index >= 15 is 0 Å². The van der Waals surface area contributed by atoms with E-state index in [1.165, 1.54) is 4.90 Å². The van der Waals surface area contributed by atoms with Crippen molar-refractivity contribution < 1.29 is 14.7 Å². The number of carbonyl (C=O) groups is 2. The normalized spacial score (nSPS) is 11.6. The minimum atomic E-state index is -1.01. The molecule has 27 heavy (non-hydrogen) atoms. The van der Waals surface area contributed by atoms with Crippen molar-refractivity contribution in [3.05, 3.63) is 108 Å². The van der Waals surface area contributed by atoms with Crippen LogP contribution in [0.15, 0.2) is 91.0 Å². The Morgan fingerprint density at radius 1 is 0.741 bits per heavy atom. The first kappa shape index (κ1) is 18.4. The van der Waals surface area contributed by atoms with Crippen molar-refractivity contribution in [3.63, 3.8) is 0 Å². The van der Waals surface area contributed by atoms with Gasteiger partial charge in [-0.1, -0.05) is 78.9 Å². The van der Waals surface area contributed by atoms with Gasteiger partial charge in [-0.2, -0.15) is 0 Å². The van der Waals surface area contributed by atoms with Crippen molar-refractivity contribution in [2.45, 2.75) is 19.0 Å². The van der Waals surface area contributed by atoms with Gasteiger partial charge in [-0.15, -0.1) is 0 Å². The molecule has 136 valence electrons. The molecule has 3 rings (SSSR count). The van der Waals surface area contributed by atoms with Gasteiger partial charge in [-0.25, -0.2) is 4.79 Å². The summed E-state index contributed by atoms with van der Waals surface area (Å²) in [7, 11) is 0. The molecular weight excluding hydrogens is 338 g/mol. The van der Waals surface area contributed by atoms with Crippen molar-refractivity contribution in [2.75, 3.05) is 0 Å². The monoisotopic (exact) mass is 359 g/mol. The van der Waals surface area contributed by atoms with Crippen molar-refractivity contribution in [1.82, 2.24) is 4.90 Å². The Morgan fingerprint density at radius 2 is 1.22 bits per heavy atom. The van der Waals surface area contributed by atoms with E-state index in [-0.39, 0.29) is 18.9 Å². The molecule has 0 spiro atoms. The van der Waals surface area contributed by atoms with Crippen molar-refractivity contribution in [1.29, 1.82) is 0 Å². The Bertz CT molecular complexity index is 879. The van der Waals surface area contributed by atoms with Gasteiger partial charge in [0, 0.05) is 18.5 Å². The van der Waals surface area contributed by atoms with Crippen LogP contribution in [0.2, 0.25) is 0 Å². The SMILES string of the molecule is O=C(O)C(Cc1ccccc1)N(Cc1ccccc1)C(=O)c1ccccc1. The third-order valence-corrected chi connectivity index (χ3v) is 4.41. The lowest BCUT2D eigenvalue weighted by molar-refractivity contribution is -0.142. The van der Waals surface area contributed by atoms with Crippen LogP contribution >= 0.6 is 0 Å². The zero-order chi connectivity index (χ0) is 19.1. The fraction of sp³-hybridized carbons (Fsp3) is 0.130. The van der Waals surface area contributed by atoms with E-state index in [0.717, 1.165) is 11.1 Å². The highest BCUT2D eigenvalue weighted by atomic mass is 16.4. The van der Waals surface area contributed by atoms with Crippen molar-refractivity contribution in [2.24, 2.45) is 0 Å². The summed E-state index contributed by atoms with van der Waals surface area (Å²) in [6, 6.07) is 26.7. The molecule has 0 aliphatic carbocycles. The Morgan fingerprint density at radius 3 is 1.74 bits per heavy atom. The standard InChI is InChI=1S/C23H21NO3/c25-22(20-14-8-3-9-15-20)24(17-19-12-6-2-7-13-19)21(23(26)27)16-18-10-4-1-5-11-18/h1-15,21H,16-17H2,(H,26,27). The first-order valence-electron chi connectivity index (χ1n) is 8.82. The van der Waals surface area contributed by atoms with E-state index in [4.69, 9.17) is 0 Å². The van der Waals surface area contributed by atoms with Crippen LogP contribution in [0, 0.1) is 0 Å². The number of hydrogen-bond donors (Lipinski definition) is 1. The second-order valence-corrected chi connectivity index (χ2v) is 6.33. The molecule has 0 aliphatic heterocycles. The number of carboxylic acids is 1. The molecular formula is C23H21NO3. The molecule has 3 aromatic carbocycles. The van der Waals surface area contributed by atoms with E-state index in [1.54, 1.807) is 24.3 Å². The maximum absolute atomic E-state index is 13.1. The Hall–Kier alpha value is -3.40. The molecule has 0 bridgehead atoms. The number of carbonyl (C=O) groups excluding carboxylic acids is 1. The van der Waals surface area contributed by atoms with Crippen LogP contribution in [0.5, 0.6) is 0 Å². The molecule has 0 heterocycles. The number of hydrogen-bond acceptors (Lipinski definition) is 2. The molecule has 4 heteroatoms. The summed E-state index contributed by atoms with van der Waals surface area (Å²) in [4.78, 5) is 26.7. The van der Waals surface area contributed by atoms with Gasteiger partial charge >= 0.3 is 5.97 Å². The molecule has 0 saturated carbocycles. The fourth-order valence-electron chi connectivity index (χ4n) is 3.02. The molecule has 0 aromatic heterocycles. The molecule has 1 unspecified atom stereocenters. The van der Waals surface area contributed by atoms with Gasteiger partial charge in [0.15, 0.2) is 0 Å². The van der Waals surface area contributed by atoms with E-state index in [0.29, 0.717) is 5.56 Å². The van der Waals surface area contributed by atoms with Crippen LogP contribution in [0.1, 0.15) is 21.5 Å². The second kappa shape index (κ2) is 8.81. The maximum Gasteiger partial charge on any atom is 0.326 e. The highest BCUT2D eigenvalue weighted by Gasteiger charge is 2.30. The number of nitrogens with zero attached hydrogens (tertiary/aromatic N) is 1. The van der Waals surface area contributed by atoms with Crippen LogP contribution in [-0.4, -0.2) is 27.9 Å². The van der Waals surface area contributed by atoms with Gasteiger partial charge in [0.25, 0.3) is 5.91 Å². The minimum Gasteiger partial charge on any atom is -0.480 e. The fourth-order valence-corrected chi connectivity index (χ4v) is 3.02. The molecule has 1 atom stereocenters. The van der Waals surface area contributed by atoms with E-state index in [1.807, 2.05) is 66.7 Å². The lowest BCUT2D eigenvalue weighted by Crippen LogP contribution is -2.46. The molecule has 3 aromatic rings. The average molecular weight is 359 g/mol. The summed E-state index contributed by atoms with van der Waals surface area (Å²) in [5, 5.41) is 9.88. The number of benzene rings is 3. The zero-order valence-corrected chi connectivity index (χ0v) is 14.9. The Kier molecular flexibility index (Phi) is 6.00. The van der Waals surface area contributed by atoms with Gasteiger partial charge in [0.2, 0.25) is 0 Å². The van der Waals surface area contributed by atoms with Crippen LogP contribution in [0.4, 0.5) is 0 Å². The molecule has 4 nitrogen and oxygen atoms in total. The van der Waals surface area contributed by atoms with Crippen LogP contribution in [0.25, 0.3) is 0 Å². The number of amides is 1. The smallest absolute Gasteiger partial charge is 0.326 e. The maximum atomic E-state index is 13.1. The minimum absolute atomic E-state index is 0.234. The van der Waals surface area contributed by atoms with Gasteiger partial charge in [-0.3, -0.25) is 4.79 Å². The summed E-state index contributed by atoms with van der Waals surface area (Å²) < 4.78 is 0. The number of rotatable bonds is 7. The largest absolute Gasteiger partial charge is 0.480 e. The van der Waals surface area contributed by atoms with Crippen LogP contribution < -0.4 is 0 Å². The first-order chi connectivity index (χ1) is 13.1. The molecule has 0 saturated heterocycles. The van der Waals surface area contributed by atoms with E-state index in [2.05, 4.69) is 0 Å². The Balaban J connectivity index is 1.95. The van der Waals surface area contributed by atoms with Gasteiger partial charge in [0.05, 0.1) is 0 Å². The van der Waals surface area contributed by atoms with E-state index < -0.39 is 12.0 Å². The quantitative estimate of drug-likeness (QED) is 0.693. The van der Waals surface area contributed by atoms with Crippen LogP contribution in [-0.2, 0) is 17.8 Å². The average Bonchev–Trinajstić information content (AvgIpc) is 2.72. The zero-order valence-electron chi connectivity index (χ0n) is 14.9. The predicted molar refractivity (Wildman–Crippen MR) is 104 cm³/mol. The third kappa shape index (κ3) is 4.82. The lowest BCUT2D eigenvalue weighted by Gasteiger charge is -2.29. The second-order valence-electron chi connectivity index (χ2n) is 6.33. The summed E-state index contributed by atoms with van der Waals surface area (Å²) in [5.41, 5.74) is 2.25. The molecule has 1 N–H and O–H groups in total. The molecule has 0 fully saturated rings. The molecule has 0 radical (unpaired) electrons. The molecule has 0 aliphatic rings.